The van der Waals surface area contributed by atoms with Crippen molar-refractivity contribution in [3.05, 3.63) is 0 Å². The topological polar surface area (TPSA) is 237 Å². The number of hydrogen-bond acceptors (Lipinski definition) is 15. The van der Waals surface area contributed by atoms with Gasteiger partial charge in [-0.1, -0.05) is 389 Å². The normalized spacial score (nSPS) is 14.4. The van der Waals surface area contributed by atoms with Gasteiger partial charge in [0.05, 0.1) is 26.4 Å². The number of esters is 4. The second-order valence-corrected chi connectivity index (χ2v) is 34.1. The third-order valence-corrected chi connectivity index (χ3v) is 22.3. The van der Waals surface area contributed by atoms with E-state index in [2.05, 4.69) is 48.5 Å². The maximum Gasteiger partial charge on any atom is 0.472 e. The summed E-state index contributed by atoms with van der Waals surface area (Å²) < 4.78 is 68.7. The van der Waals surface area contributed by atoms with Gasteiger partial charge in [0.15, 0.2) is 12.2 Å². The van der Waals surface area contributed by atoms with Gasteiger partial charge in [0.2, 0.25) is 0 Å². The zero-order chi connectivity index (χ0) is 75.8. The number of unbranched alkanes of at least 4 members (excludes halogenated alkanes) is 48. The molecule has 19 heteroatoms. The van der Waals surface area contributed by atoms with E-state index < -0.39 is 97.5 Å². The third kappa shape index (κ3) is 75.3. The molecular formula is C84H164O17P2. The van der Waals surface area contributed by atoms with Gasteiger partial charge in [-0.2, -0.15) is 0 Å². The minimum atomic E-state index is -4.96. The lowest BCUT2D eigenvalue weighted by atomic mass is 10.00. The number of aliphatic hydroxyl groups is 1. The lowest BCUT2D eigenvalue weighted by molar-refractivity contribution is -0.161. The van der Waals surface area contributed by atoms with Gasteiger partial charge in [-0.05, 0) is 43.4 Å². The van der Waals surface area contributed by atoms with Gasteiger partial charge in [-0.25, -0.2) is 9.13 Å². The largest absolute Gasteiger partial charge is 0.472 e. The Morgan fingerprint density at radius 1 is 0.282 bits per heavy atom. The first-order valence-electron chi connectivity index (χ1n) is 43.4. The molecule has 0 spiro atoms. The molecule has 0 fully saturated rings. The van der Waals surface area contributed by atoms with Crippen LogP contribution in [0, 0.1) is 17.8 Å². The zero-order valence-electron chi connectivity index (χ0n) is 67.8. The highest BCUT2D eigenvalue weighted by Crippen LogP contribution is 2.45. The molecule has 0 saturated heterocycles. The maximum atomic E-state index is 13.1. The predicted molar refractivity (Wildman–Crippen MR) is 423 cm³/mol. The number of carbonyl (C=O) groups excluding carboxylic acids is 4. The molecule has 0 aromatic rings. The van der Waals surface area contributed by atoms with Crippen molar-refractivity contribution in [3.63, 3.8) is 0 Å². The first kappa shape index (κ1) is 101. The summed E-state index contributed by atoms with van der Waals surface area (Å²) in [6, 6.07) is 0. The van der Waals surface area contributed by atoms with E-state index in [1.165, 1.54) is 244 Å². The summed E-state index contributed by atoms with van der Waals surface area (Å²) in [6.45, 7) is 11.9. The highest BCUT2D eigenvalue weighted by molar-refractivity contribution is 7.47. The number of carbonyl (C=O) groups is 4. The van der Waals surface area contributed by atoms with E-state index in [1.807, 2.05) is 0 Å². The number of ether oxygens (including phenoxy) is 4. The molecule has 0 aliphatic heterocycles. The molecule has 0 aliphatic carbocycles. The van der Waals surface area contributed by atoms with Crippen LogP contribution in [0.4, 0.5) is 0 Å². The molecule has 612 valence electrons. The SMILES string of the molecule is CCCCCCCCCCCCCCCCCCCCCCCCC(=O)O[C@H](COC(=O)CCCCCCCCCCCCCCCCCCCCC(C)C)COP(=O)(O)OC[C@@H](O)COP(=O)(O)OC[C@@H](COC(=O)CCCCCCCCC(C)CC)OC(=O)CCCCCCCCC(C)CC. The lowest BCUT2D eigenvalue weighted by Crippen LogP contribution is -2.30. The van der Waals surface area contributed by atoms with Crippen LogP contribution in [0.1, 0.15) is 440 Å². The van der Waals surface area contributed by atoms with E-state index in [0.29, 0.717) is 25.7 Å². The standard InChI is InChI=1S/C84H164O17P2/c1-8-11-12-13-14-15-16-17-18-19-20-21-22-23-28-31-34-37-40-43-53-60-67-83(88)100-79(71-94-81(86)65-58-51-42-39-36-33-30-27-25-24-26-29-32-35-38-41-48-55-62-75(4)5)73-98-102(90,91)96-69-78(85)70-97-103(92,93)99-74-80(101-84(89)68-61-54-47-45-50-57-64-77(7)10-3)72-95-82(87)66-59-52-46-44-49-56-63-76(6)9-2/h75-80,85H,8-74H2,1-7H3,(H,90,91)(H,92,93)/t76?,77?,78-,79-,80-/m1/s1. The Balaban J connectivity index is 5.18. The van der Waals surface area contributed by atoms with E-state index in [0.717, 1.165) is 114 Å². The Kier molecular flexibility index (Phi) is 72.8. The molecule has 0 bridgehead atoms. The number of phosphoric ester groups is 2. The summed E-state index contributed by atoms with van der Waals surface area (Å²) in [6.07, 6.45) is 64.3. The molecule has 0 radical (unpaired) electrons. The average Bonchev–Trinajstić information content (AvgIpc) is 0.925. The Hall–Kier alpha value is -1.94. The smallest absolute Gasteiger partial charge is 0.462 e. The van der Waals surface area contributed by atoms with Crippen LogP contribution in [0.5, 0.6) is 0 Å². The van der Waals surface area contributed by atoms with Gasteiger partial charge >= 0.3 is 39.5 Å². The average molecular weight is 1510 g/mol. The molecule has 7 atom stereocenters. The van der Waals surface area contributed by atoms with E-state index in [4.69, 9.17) is 37.0 Å². The Labute approximate surface area is 632 Å². The van der Waals surface area contributed by atoms with Gasteiger partial charge in [-0.3, -0.25) is 37.3 Å². The summed E-state index contributed by atoms with van der Waals surface area (Å²) in [5, 5.41) is 10.6. The zero-order valence-corrected chi connectivity index (χ0v) is 69.6. The van der Waals surface area contributed by atoms with Crippen molar-refractivity contribution < 1.29 is 80.2 Å². The van der Waals surface area contributed by atoms with Crippen molar-refractivity contribution in [2.24, 2.45) is 17.8 Å². The first-order valence-corrected chi connectivity index (χ1v) is 46.4. The van der Waals surface area contributed by atoms with E-state index >= 15 is 0 Å². The number of phosphoric acid groups is 2. The summed E-state index contributed by atoms with van der Waals surface area (Å²) in [7, 11) is -9.92. The van der Waals surface area contributed by atoms with E-state index in [1.54, 1.807) is 0 Å². The Morgan fingerprint density at radius 3 is 0.738 bits per heavy atom. The monoisotopic (exact) mass is 1510 g/mol. The van der Waals surface area contributed by atoms with Crippen LogP contribution in [-0.4, -0.2) is 96.7 Å². The van der Waals surface area contributed by atoms with Crippen molar-refractivity contribution >= 4 is 39.5 Å². The maximum absolute atomic E-state index is 13.1. The number of hydrogen-bond donors (Lipinski definition) is 3. The van der Waals surface area contributed by atoms with Crippen molar-refractivity contribution in [2.45, 2.75) is 458 Å². The van der Waals surface area contributed by atoms with Crippen LogP contribution in [0.3, 0.4) is 0 Å². The number of rotatable bonds is 82. The van der Waals surface area contributed by atoms with Crippen LogP contribution >= 0.6 is 15.6 Å². The predicted octanol–water partition coefficient (Wildman–Crippen LogP) is 25.3. The third-order valence-electron chi connectivity index (χ3n) is 20.4. The molecule has 0 saturated carbocycles. The highest BCUT2D eigenvalue weighted by Gasteiger charge is 2.30. The second-order valence-electron chi connectivity index (χ2n) is 31.2. The molecule has 0 amide bonds. The van der Waals surface area contributed by atoms with Gasteiger partial charge in [0.1, 0.15) is 19.3 Å². The van der Waals surface area contributed by atoms with Crippen molar-refractivity contribution in [1.82, 2.24) is 0 Å². The van der Waals surface area contributed by atoms with E-state index in [-0.39, 0.29) is 25.7 Å². The van der Waals surface area contributed by atoms with Gasteiger partial charge < -0.3 is 33.8 Å². The molecule has 0 aliphatic rings. The fourth-order valence-electron chi connectivity index (χ4n) is 13.0. The van der Waals surface area contributed by atoms with Gasteiger partial charge in [-0.15, -0.1) is 0 Å². The molecule has 0 rings (SSSR count). The summed E-state index contributed by atoms with van der Waals surface area (Å²) in [5.74, 6) is 0.159. The fourth-order valence-corrected chi connectivity index (χ4v) is 14.5. The van der Waals surface area contributed by atoms with Crippen LogP contribution in [0.15, 0.2) is 0 Å². The summed E-state index contributed by atoms with van der Waals surface area (Å²) in [4.78, 5) is 73.0. The van der Waals surface area contributed by atoms with Crippen LogP contribution in [0.2, 0.25) is 0 Å². The van der Waals surface area contributed by atoms with Gasteiger partial charge in [0.25, 0.3) is 0 Å². The first-order chi connectivity index (χ1) is 49.8. The lowest BCUT2D eigenvalue weighted by Gasteiger charge is -2.21. The summed E-state index contributed by atoms with van der Waals surface area (Å²) in [5.41, 5.74) is 0. The van der Waals surface area contributed by atoms with Crippen LogP contribution in [-0.2, 0) is 65.4 Å². The van der Waals surface area contributed by atoms with Crippen molar-refractivity contribution in [3.8, 4) is 0 Å². The highest BCUT2D eigenvalue weighted by atomic mass is 31.2. The van der Waals surface area contributed by atoms with Crippen LogP contribution < -0.4 is 0 Å². The van der Waals surface area contributed by atoms with Gasteiger partial charge in [0, 0.05) is 25.7 Å². The Morgan fingerprint density at radius 2 is 0.495 bits per heavy atom. The quantitative estimate of drug-likeness (QED) is 0.0222. The molecular weight excluding hydrogens is 1340 g/mol. The summed E-state index contributed by atoms with van der Waals surface area (Å²) >= 11 is 0. The molecule has 17 nitrogen and oxygen atoms in total. The van der Waals surface area contributed by atoms with Crippen LogP contribution in [0.25, 0.3) is 0 Å². The van der Waals surface area contributed by atoms with Crippen molar-refractivity contribution in [2.75, 3.05) is 39.6 Å². The number of aliphatic hydroxyl groups excluding tert-OH is 1. The molecule has 4 unspecified atom stereocenters. The molecule has 3 N–H and O–H groups in total. The minimum absolute atomic E-state index is 0.102. The fraction of sp³-hybridized carbons (Fsp3) is 0.952. The Bertz CT molecular complexity index is 2000. The molecule has 0 heterocycles. The second kappa shape index (κ2) is 74.2. The molecule has 0 aromatic heterocycles. The minimum Gasteiger partial charge on any atom is -0.462 e. The van der Waals surface area contributed by atoms with Crippen molar-refractivity contribution in [1.29, 1.82) is 0 Å². The molecule has 103 heavy (non-hydrogen) atoms. The molecule has 0 aromatic carbocycles. The van der Waals surface area contributed by atoms with E-state index in [9.17, 15) is 43.2 Å².